The van der Waals surface area contributed by atoms with Gasteiger partial charge in [0.2, 0.25) is 0 Å². The van der Waals surface area contributed by atoms with E-state index in [0.717, 1.165) is 56.4 Å². The van der Waals surface area contributed by atoms with Crippen LogP contribution in [0, 0.1) is 0 Å². The van der Waals surface area contributed by atoms with Crippen molar-refractivity contribution in [2.45, 2.75) is 0 Å². The second-order valence-electron chi connectivity index (χ2n) is 13.1. The molecule has 0 fully saturated rings. The Hall–Kier alpha value is -7.04. The van der Waals surface area contributed by atoms with E-state index >= 15 is 0 Å². The maximum Gasteiger partial charge on any atom is 0.164 e. The molecule has 0 radical (unpaired) electrons. The van der Waals surface area contributed by atoms with Gasteiger partial charge in [-0.2, -0.15) is 0 Å². The third kappa shape index (κ3) is 5.00. The number of nitrogens with zero attached hydrogens (tertiary/aromatic N) is 4. The van der Waals surface area contributed by atoms with Crippen molar-refractivity contribution in [1.29, 1.82) is 0 Å². The zero-order chi connectivity index (χ0) is 34.4. The topological polar surface area (TPSA) is 34.0 Å². The lowest BCUT2D eigenvalue weighted by Crippen LogP contribution is -2.10. The number of hydrogen-bond acceptors (Lipinski definition) is 3. The first-order valence-corrected chi connectivity index (χ1v) is 17.6. The molecule has 2 heterocycles. The molecule has 10 rings (SSSR count). The fraction of sp³-hybridized carbons (Fsp3) is 0. The van der Waals surface area contributed by atoms with Gasteiger partial charge in [0.05, 0.1) is 11.4 Å². The van der Waals surface area contributed by atoms with Gasteiger partial charge in [0.25, 0.3) is 0 Å². The molecule has 0 aliphatic rings. The highest BCUT2D eigenvalue weighted by atomic mass is 15.1. The van der Waals surface area contributed by atoms with Crippen LogP contribution in [-0.2, 0) is 0 Å². The molecule has 0 saturated heterocycles. The largest absolute Gasteiger partial charge is 0.310 e. The average molecular weight is 665 g/mol. The predicted octanol–water partition coefficient (Wildman–Crippen LogP) is 12.6. The number of benzene rings is 8. The first-order valence-electron chi connectivity index (χ1n) is 17.6. The Morgan fingerprint density at radius 3 is 2.04 bits per heavy atom. The molecule has 0 spiro atoms. The van der Waals surface area contributed by atoms with Crippen LogP contribution in [0.15, 0.2) is 182 Å². The van der Waals surface area contributed by atoms with E-state index < -0.39 is 0 Å². The molecule has 244 valence electrons. The lowest BCUT2D eigenvalue weighted by Gasteiger charge is -2.28. The second kappa shape index (κ2) is 12.4. The summed E-state index contributed by atoms with van der Waals surface area (Å²) in [5.74, 6) is 0.820. The summed E-state index contributed by atoms with van der Waals surface area (Å²) < 4.78 is 2.16. The molecule has 0 atom stereocenters. The first-order chi connectivity index (χ1) is 25.8. The molecule has 2 aromatic heterocycles. The normalized spacial score (nSPS) is 11.8. The quantitative estimate of drug-likeness (QED) is 0.159. The summed E-state index contributed by atoms with van der Waals surface area (Å²) in [5, 5.41) is 7.62. The van der Waals surface area contributed by atoms with Crippen molar-refractivity contribution in [3.8, 4) is 16.8 Å². The Labute approximate surface area is 301 Å². The van der Waals surface area contributed by atoms with Gasteiger partial charge in [-0.15, -0.1) is 0 Å². The van der Waals surface area contributed by atoms with Crippen LogP contribution in [0.2, 0.25) is 0 Å². The summed E-state index contributed by atoms with van der Waals surface area (Å²) in [5.41, 5.74) is 9.42. The van der Waals surface area contributed by atoms with E-state index in [1.165, 1.54) is 32.3 Å². The van der Waals surface area contributed by atoms with Crippen molar-refractivity contribution in [3.05, 3.63) is 194 Å². The van der Waals surface area contributed by atoms with Crippen molar-refractivity contribution in [3.63, 3.8) is 0 Å². The summed E-state index contributed by atoms with van der Waals surface area (Å²) in [6, 6.07) is 62.4. The van der Waals surface area contributed by atoms with Crippen LogP contribution in [0.5, 0.6) is 0 Å². The van der Waals surface area contributed by atoms with E-state index in [4.69, 9.17) is 9.97 Å². The minimum absolute atomic E-state index is 0.820. The SMILES string of the molecule is C(=C\c1nc2cccnc2n1-c1ccccc1-c1ccccc1)/c1ccc(N(c2ccccc2)c2cc3cccc4ccc5cccc2c5c43)cc1. The van der Waals surface area contributed by atoms with Gasteiger partial charge in [-0.3, -0.25) is 4.57 Å². The molecule has 0 bridgehead atoms. The Morgan fingerprint density at radius 2 is 1.21 bits per heavy atom. The minimum Gasteiger partial charge on any atom is -0.310 e. The molecule has 10 aromatic rings. The summed E-state index contributed by atoms with van der Waals surface area (Å²) >= 11 is 0. The summed E-state index contributed by atoms with van der Waals surface area (Å²) in [6.07, 6.45) is 6.06. The van der Waals surface area contributed by atoms with E-state index in [9.17, 15) is 0 Å². The van der Waals surface area contributed by atoms with Crippen LogP contribution in [0.3, 0.4) is 0 Å². The van der Waals surface area contributed by atoms with Gasteiger partial charge in [-0.05, 0) is 92.7 Å². The Morgan fingerprint density at radius 1 is 0.519 bits per heavy atom. The highest BCUT2D eigenvalue weighted by molar-refractivity contribution is 6.26. The number of anilines is 3. The smallest absolute Gasteiger partial charge is 0.164 e. The van der Waals surface area contributed by atoms with Gasteiger partial charge < -0.3 is 4.90 Å². The zero-order valence-corrected chi connectivity index (χ0v) is 28.3. The van der Waals surface area contributed by atoms with E-state index in [1.807, 2.05) is 24.4 Å². The van der Waals surface area contributed by atoms with Gasteiger partial charge in [-0.25, -0.2) is 9.97 Å². The van der Waals surface area contributed by atoms with Gasteiger partial charge >= 0.3 is 0 Å². The van der Waals surface area contributed by atoms with Crippen molar-refractivity contribution in [1.82, 2.24) is 14.5 Å². The minimum atomic E-state index is 0.820. The van der Waals surface area contributed by atoms with Crippen molar-refractivity contribution in [2.75, 3.05) is 4.90 Å². The maximum atomic E-state index is 5.04. The summed E-state index contributed by atoms with van der Waals surface area (Å²) in [6.45, 7) is 0. The number of aromatic nitrogens is 3. The Kier molecular flexibility index (Phi) is 7.10. The Balaban J connectivity index is 1.07. The predicted molar refractivity (Wildman–Crippen MR) is 218 cm³/mol. The molecule has 0 aliphatic heterocycles. The van der Waals surface area contributed by atoms with Gasteiger partial charge in [0.15, 0.2) is 5.65 Å². The maximum absolute atomic E-state index is 5.04. The molecule has 8 aromatic carbocycles. The molecular formula is C48H32N4. The van der Waals surface area contributed by atoms with Gasteiger partial charge in [0, 0.05) is 28.5 Å². The fourth-order valence-corrected chi connectivity index (χ4v) is 7.65. The number of imidazole rings is 1. The molecule has 0 saturated carbocycles. The summed E-state index contributed by atoms with van der Waals surface area (Å²) in [7, 11) is 0. The highest BCUT2D eigenvalue weighted by Crippen LogP contribution is 2.44. The number of rotatable bonds is 7. The third-order valence-corrected chi connectivity index (χ3v) is 9.99. The molecule has 0 N–H and O–H groups in total. The van der Waals surface area contributed by atoms with Crippen LogP contribution < -0.4 is 4.90 Å². The van der Waals surface area contributed by atoms with Gasteiger partial charge in [0.1, 0.15) is 11.3 Å². The van der Waals surface area contributed by atoms with E-state index in [2.05, 4.69) is 179 Å². The molecule has 4 heteroatoms. The Bertz CT molecular complexity index is 2890. The van der Waals surface area contributed by atoms with E-state index in [0.29, 0.717) is 0 Å². The van der Waals surface area contributed by atoms with Crippen LogP contribution in [0.1, 0.15) is 11.4 Å². The van der Waals surface area contributed by atoms with Crippen LogP contribution in [-0.4, -0.2) is 14.5 Å². The molecule has 0 unspecified atom stereocenters. The molecule has 52 heavy (non-hydrogen) atoms. The van der Waals surface area contributed by atoms with Crippen LogP contribution >= 0.6 is 0 Å². The highest BCUT2D eigenvalue weighted by Gasteiger charge is 2.19. The van der Waals surface area contributed by atoms with Crippen molar-refractivity contribution >= 4 is 72.7 Å². The van der Waals surface area contributed by atoms with E-state index in [-0.39, 0.29) is 0 Å². The zero-order valence-electron chi connectivity index (χ0n) is 28.3. The standard InChI is InChI=1S/C48H32N4/c1-3-12-34(13-4-1)40-19-7-8-22-43(40)52-45(50-42-21-11-31-49-48(42)52)30-25-33-23-28-39(29-24-33)51(38-17-5-2-6-18-38)44-32-37-16-9-14-35-26-27-36-15-10-20-41(44)47(36)46(35)37/h1-32H/b30-25+. The fourth-order valence-electron chi connectivity index (χ4n) is 7.65. The number of pyridine rings is 1. The van der Waals surface area contributed by atoms with Gasteiger partial charge in [-0.1, -0.05) is 133 Å². The molecule has 0 amide bonds. The summed E-state index contributed by atoms with van der Waals surface area (Å²) in [4.78, 5) is 12.2. The third-order valence-electron chi connectivity index (χ3n) is 9.99. The van der Waals surface area contributed by atoms with Crippen molar-refractivity contribution < 1.29 is 0 Å². The van der Waals surface area contributed by atoms with E-state index in [1.54, 1.807) is 0 Å². The number of para-hydroxylation sites is 2. The van der Waals surface area contributed by atoms with Crippen LogP contribution in [0.4, 0.5) is 17.1 Å². The number of fused-ring (bicyclic) bond motifs is 1. The molecule has 4 nitrogen and oxygen atoms in total. The monoisotopic (exact) mass is 664 g/mol. The lowest BCUT2D eigenvalue weighted by molar-refractivity contribution is 1.05. The lowest BCUT2D eigenvalue weighted by atomic mass is 9.92. The number of hydrogen-bond donors (Lipinski definition) is 0. The van der Waals surface area contributed by atoms with Crippen molar-refractivity contribution in [2.24, 2.45) is 0 Å². The second-order valence-corrected chi connectivity index (χ2v) is 13.1. The first kappa shape index (κ1) is 29.8. The van der Waals surface area contributed by atoms with Crippen LogP contribution in [0.25, 0.3) is 72.4 Å². The average Bonchev–Trinajstić information content (AvgIpc) is 3.59. The molecule has 0 aliphatic carbocycles. The molecular weight excluding hydrogens is 633 g/mol.